The Morgan fingerprint density at radius 2 is 1.79 bits per heavy atom. The van der Waals surface area contributed by atoms with E-state index in [1.807, 2.05) is 73.8 Å². The van der Waals surface area contributed by atoms with Gasteiger partial charge in [0.1, 0.15) is 24.1 Å². The lowest BCUT2D eigenvalue weighted by Crippen LogP contribution is -2.22. The van der Waals surface area contributed by atoms with Gasteiger partial charge in [-0.05, 0) is 42.5 Å². The maximum absolute atomic E-state index is 12.7. The lowest BCUT2D eigenvalue weighted by molar-refractivity contribution is -0.117. The number of nitrogens with zero attached hydrogens (tertiary/aromatic N) is 2. The zero-order chi connectivity index (χ0) is 19.1. The first-order chi connectivity index (χ1) is 13.7. The number of carbonyl (C=O) groups is 1. The van der Waals surface area contributed by atoms with E-state index < -0.39 is 0 Å². The highest BCUT2D eigenvalue weighted by Crippen LogP contribution is 2.34. The standard InChI is InChI=1S/C23H19N3O2/c1-26-20-8-4-3-7-19(20)25-22(26)15-10-12-16(13-11-15)24-23(27)18-14-28-21-9-5-2-6-17(18)21/h2-13,18H,14H2,1H3,(H,24,27). The second kappa shape index (κ2) is 6.53. The van der Waals surface area contributed by atoms with Gasteiger partial charge in [-0.2, -0.15) is 0 Å². The van der Waals surface area contributed by atoms with Gasteiger partial charge in [-0.25, -0.2) is 4.98 Å². The van der Waals surface area contributed by atoms with Crippen molar-refractivity contribution >= 4 is 22.6 Å². The van der Waals surface area contributed by atoms with Gasteiger partial charge in [0.25, 0.3) is 0 Å². The molecule has 5 nitrogen and oxygen atoms in total. The molecule has 0 bridgehead atoms. The predicted molar refractivity (Wildman–Crippen MR) is 109 cm³/mol. The average Bonchev–Trinajstić information content (AvgIpc) is 3.30. The molecule has 1 aliphatic rings. The van der Waals surface area contributed by atoms with E-state index in [1.165, 1.54) is 0 Å². The van der Waals surface area contributed by atoms with Gasteiger partial charge in [-0.15, -0.1) is 0 Å². The Hall–Kier alpha value is -3.60. The van der Waals surface area contributed by atoms with Crippen molar-refractivity contribution in [2.75, 3.05) is 11.9 Å². The zero-order valence-electron chi connectivity index (χ0n) is 15.4. The minimum atomic E-state index is -0.282. The Labute approximate surface area is 162 Å². The Bertz CT molecular complexity index is 1180. The van der Waals surface area contributed by atoms with Crippen molar-refractivity contribution in [3.05, 3.63) is 78.4 Å². The summed E-state index contributed by atoms with van der Waals surface area (Å²) in [4.78, 5) is 17.4. The first-order valence-corrected chi connectivity index (χ1v) is 9.25. The summed E-state index contributed by atoms with van der Waals surface area (Å²) in [6, 6.07) is 23.5. The molecule has 28 heavy (non-hydrogen) atoms. The number of aryl methyl sites for hydroxylation is 1. The Morgan fingerprint density at radius 1 is 1.04 bits per heavy atom. The number of para-hydroxylation sites is 3. The van der Waals surface area contributed by atoms with E-state index in [4.69, 9.17) is 9.72 Å². The third-order valence-corrected chi connectivity index (χ3v) is 5.21. The molecule has 0 aliphatic carbocycles. The number of imidazole rings is 1. The van der Waals surface area contributed by atoms with Crippen LogP contribution in [0.3, 0.4) is 0 Å². The third-order valence-electron chi connectivity index (χ3n) is 5.21. The molecule has 1 amide bonds. The lowest BCUT2D eigenvalue weighted by atomic mass is 10.0. The van der Waals surface area contributed by atoms with Crippen LogP contribution in [0.2, 0.25) is 0 Å². The summed E-state index contributed by atoms with van der Waals surface area (Å²) in [7, 11) is 2.01. The number of aromatic nitrogens is 2. The summed E-state index contributed by atoms with van der Waals surface area (Å²) in [5.74, 6) is 1.35. The van der Waals surface area contributed by atoms with Crippen molar-refractivity contribution in [2.45, 2.75) is 5.92 Å². The molecule has 0 saturated carbocycles. The maximum Gasteiger partial charge on any atom is 0.235 e. The fraction of sp³-hybridized carbons (Fsp3) is 0.130. The highest BCUT2D eigenvalue weighted by Gasteiger charge is 2.30. The number of anilines is 1. The van der Waals surface area contributed by atoms with E-state index in [-0.39, 0.29) is 11.8 Å². The topological polar surface area (TPSA) is 56.2 Å². The first-order valence-electron chi connectivity index (χ1n) is 9.25. The normalized spacial score (nSPS) is 15.2. The summed E-state index contributed by atoms with van der Waals surface area (Å²) in [6.45, 7) is 0.378. The van der Waals surface area contributed by atoms with Crippen molar-refractivity contribution in [3.63, 3.8) is 0 Å². The fourth-order valence-electron chi connectivity index (χ4n) is 3.72. The molecule has 5 heteroatoms. The van der Waals surface area contributed by atoms with E-state index in [2.05, 4.69) is 16.0 Å². The van der Waals surface area contributed by atoms with Gasteiger partial charge in [0.2, 0.25) is 5.91 Å². The Kier molecular flexibility index (Phi) is 3.86. The number of amides is 1. The molecule has 0 radical (unpaired) electrons. The molecule has 0 spiro atoms. The van der Waals surface area contributed by atoms with Crippen LogP contribution >= 0.6 is 0 Å². The van der Waals surface area contributed by atoms with Crippen molar-refractivity contribution in [3.8, 4) is 17.1 Å². The molecule has 138 valence electrons. The molecule has 1 N–H and O–H groups in total. The molecule has 0 fully saturated rings. The second-order valence-electron chi connectivity index (χ2n) is 6.95. The van der Waals surface area contributed by atoms with Gasteiger partial charge >= 0.3 is 0 Å². The van der Waals surface area contributed by atoms with Crippen molar-refractivity contribution < 1.29 is 9.53 Å². The van der Waals surface area contributed by atoms with Gasteiger partial charge in [-0.3, -0.25) is 4.79 Å². The largest absolute Gasteiger partial charge is 0.492 e. The lowest BCUT2D eigenvalue weighted by Gasteiger charge is -2.11. The number of benzene rings is 3. The molecule has 0 saturated heterocycles. The van der Waals surface area contributed by atoms with E-state index in [9.17, 15) is 4.79 Å². The van der Waals surface area contributed by atoms with Gasteiger partial charge < -0.3 is 14.6 Å². The zero-order valence-corrected chi connectivity index (χ0v) is 15.4. The molecular weight excluding hydrogens is 350 g/mol. The van der Waals surface area contributed by atoms with Crippen molar-refractivity contribution in [1.82, 2.24) is 9.55 Å². The number of nitrogens with one attached hydrogen (secondary N) is 1. The summed E-state index contributed by atoms with van der Waals surface area (Å²) >= 11 is 0. The van der Waals surface area contributed by atoms with Crippen LogP contribution in [0.4, 0.5) is 5.69 Å². The van der Waals surface area contributed by atoms with Crippen LogP contribution in [0.15, 0.2) is 72.8 Å². The molecule has 2 heterocycles. The monoisotopic (exact) mass is 369 g/mol. The number of carbonyl (C=O) groups excluding carboxylic acids is 1. The molecule has 1 aromatic heterocycles. The van der Waals surface area contributed by atoms with Crippen LogP contribution in [0.5, 0.6) is 5.75 Å². The Morgan fingerprint density at radius 3 is 2.61 bits per heavy atom. The molecule has 4 aromatic rings. The second-order valence-corrected chi connectivity index (χ2v) is 6.95. The van der Waals surface area contributed by atoms with E-state index in [0.717, 1.165) is 39.4 Å². The van der Waals surface area contributed by atoms with Gasteiger partial charge in [0.15, 0.2) is 0 Å². The van der Waals surface area contributed by atoms with E-state index in [1.54, 1.807) is 0 Å². The quantitative estimate of drug-likeness (QED) is 0.584. The summed E-state index contributed by atoms with van der Waals surface area (Å²) in [5, 5.41) is 3.00. The van der Waals surface area contributed by atoms with E-state index >= 15 is 0 Å². The van der Waals surface area contributed by atoms with Crippen LogP contribution in [-0.4, -0.2) is 22.1 Å². The summed E-state index contributed by atoms with van der Waals surface area (Å²) < 4.78 is 7.70. The van der Waals surface area contributed by atoms with Crippen molar-refractivity contribution in [1.29, 1.82) is 0 Å². The van der Waals surface area contributed by atoms with Crippen LogP contribution in [-0.2, 0) is 11.8 Å². The minimum absolute atomic E-state index is 0.0552. The summed E-state index contributed by atoms with van der Waals surface area (Å²) in [5.41, 5.74) is 4.77. The molecule has 3 aromatic carbocycles. The molecule has 1 unspecified atom stereocenters. The number of rotatable bonds is 3. The van der Waals surface area contributed by atoms with Gasteiger partial charge in [0.05, 0.1) is 11.0 Å². The number of hydrogen-bond acceptors (Lipinski definition) is 3. The SMILES string of the molecule is Cn1c(-c2ccc(NC(=O)C3COc4ccccc43)cc2)nc2ccccc21. The molecule has 1 atom stereocenters. The van der Waals surface area contributed by atoms with E-state index in [0.29, 0.717) is 6.61 Å². The smallest absolute Gasteiger partial charge is 0.235 e. The van der Waals surface area contributed by atoms with Gasteiger partial charge in [0, 0.05) is 23.9 Å². The highest BCUT2D eigenvalue weighted by molar-refractivity contribution is 5.97. The minimum Gasteiger partial charge on any atom is -0.492 e. The Balaban J connectivity index is 1.37. The number of fused-ring (bicyclic) bond motifs is 2. The summed E-state index contributed by atoms with van der Waals surface area (Å²) in [6.07, 6.45) is 0. The molecule has 5 rings (SSSR count). The predicted octanol–water partition coefficient (Wildman–Crippen LogP) is 4.36. The first kappa shape index (κ1) is 16.6. The third kappa shape index (κ3) is 2.72. The van der Waals surface area contributed by atoms with Crippen LogP contribution in [0, 0.1) is 0 Å². The van der Waals surface area contributed by atoms with Crippen LogP contribution < -0.4 is 10.1 Å². The number of hydrogen-bond donors (Lipinski definition) is 1. The highest BCUT2D eigenvalue weighted by atomic mass is 16.5. The van der Waals surface area contributed by atoms with Gasteiger partial charge in [-0.1, -0.05) is 30.3 Å². The van der Waals surface area contributed by atoms with Crippen LogP contribution in [0.1, 0.15) is 11.5 Å². The molecular formula is C23H19N3O2. The maximum atomic E-state index is 12.7. The van der Waals surface area contributed by atoms with Crippen LogP contribution in [0.25, 0.3) is 22.4 Å². The number of ether oxygens (including phenoxy) is 1. The van der Waals surface area contributed by atoms with Crippen molar-refractivity contribution in [2.24, 2.45) is 7.05 Å². The fourth-order valence-corrected chi connectivity index (χ4v) is 3.72. The molecule has 1 aliphatic heterocycles. The average molecular weight is 369 g/mol.